The molecular weight excluding hydrogens is 274 g/mol. The van der Waals surface area contributed by atoms with Gasteiger partial charge in [-0.15, -0.1) is 0 Å². The quantitative estimate of drug-likeness (QED) is 0.782. The number of aromatic nitrogens is 1. The average Bonchev–Trinajstić information content (AvgIpc) is 2.63. The maximum absolute atomic E-state index is 10.5. The van der Waals surface area contributed by atoms with E-state index in [0.29, 0.717) is 17.9 Å². The molecule has 104 valence electrons. The fourth-order valence-corrected chi connectivity index (χ4v) is 2.99. The van der Waals surface area contributed by atoms with Crippen LogP contribution in [0.5, 0.6) is 11.8 Å². The van der Waals surface area contributed by atoms with Crippen LogP contribution in [0.3, 0.4) is 0 Å². The lowest BCUT2D eigenvalue weighted by Gasteiger charge is -2.10. The molecule has 4 heteroatoms. The molecule has 1 heterocycles. The number of benzene rings is 1. The highest BCUT2D eigenvalue weighted by Gasteiger charge is 2.25. The molecule has 1 aliphatic rings. The minimum atomic E-state index is 0.117. The molecular formula is C16H16ClNO2. The lowest BCUT2D eigenvalue weighted by Crippen LogP contribution is -1.97. The first-order valence-electron chi connectivity index (χ1n) is 6.55. The number of hydrogen-bond acceptors (Lipinski definition) is 2. The summed E-state index contributed by atoms with van der Waals surface area (Å²) in [6.45, 7) is 3.94. The normalized spacial score (nSPS) is 14.1. The number of aromatic hydroxyl groups is 2. The van der Waals surface area contributed by atoms with Gasteiger partial charge in [0, 0.05) is 16.1 Å². The molecule has 2 aromatic rings. The van der Waals surface area contributed by atoms with Crippen molar-refractivity contribution >= 4 is 11.6 Å². The number of rotatable bonds is 1. The van der Waals surface area contributed by atoms with Gasteiger partial charge < -0.3 is 10.2 Å². The summed E-state index contributed by atoms with van der Waals surface area (Å²) in [5, 5.41) is 21.5. The van der Waals surface area contributed by atoms with E-state index in [2.05, 4.69) is 6.08 Å². The van der Waals surface area contributed by atoms with Crippen LogP contribution in [0.15, 0.2) is 29.8 Å². The standard InChI is InChI=1S/C16H16ClNO2/c1-9-3-5-12-13(7-9)16(20)18(15(12)19)14-6-4-11(17)8-10(14)2/h3-4,6,8,19-20H,5,7H2,1-2H3. The molecule has 20 heavy (non-hydrogen) atoms. The number of aryl methyl sites for hydroxylation is 1. The highest BCUT2D eigenvalue weighted by atomic mass is 35.5. The van der Waals surface area contributed by atoms with E-state index < -0.39 is 0 Å². The predicted octanol–water partition coefficient (Wildman–Crippen LogP) is 3.90. The summed E-state index contributed by atoms with van der Waals surface area (Å²) in [4.78, 5) is 0. The molecule has 0 amide bonds. The van der Waals surface area contributed by atoms with Crippen molar-refractivity contribution in [3.63, 3.8) is 0 Å². The van der Waals surface area contributed by atoms with Crippen LogP contribution in [0.4, 0.5) is 0 Å². The van der Waals surface area contributed by atoms with Crippen LogP contribution in [0, 0.1) is 6.92 Å². The summed E-state index contributed by atoms with van der Waals surface area (Å²) < 4.78 is 1.50. The molecule has 0 saturated heterocycles. The number of allylic oxidation sites excluding steroid dienone is 2. The van der Waals surface area contributed by atoms with Crippen molar-refractivity contribution in [3.05, 3.63) is 51.6 Å². The first kappa shape index (κ1) is 13.1. The fraction of sp³-hybridized carbons (Fsp3) is 0.250. The molecule has 0 spiro atoms. The van der Waals surface area contributed by atoms with Crippen LogP contribution in [0.25, 0.3) is 5.69 Å². The zero-order valence-corrected chi connectivity index (χ0v) is 12.2. The van der Waals surface area contributed by atoms with Gasteiger partial charge in [-0.1, -0.05) is 23.3 Å². The van der Waals surface area contributed by atoms with Crippen molar-refractivity contribution in [2.75, 3.05) is 0 Å². The Morgan fingerprint density at radius 1 is 1.10 bits per heavy atom. The first-order valence-corrected chi connectivity index (χ1v) is 6.93. The fourth-order valence-electron chi connectivity index (χ4n) is 2.77. The largest absolute Gasteiger partial charge is 0.494 e. The second-order valence-electron chi connectivity index (χ2n) is 5.30. The first-order chi connectivity index (χ1) is 9.49. The van der Waals surface area contributed by atoms with Gasteiger partial charge >= 0.3 is 0 Å². The van der Waals surface area contributed by atoms with E-state index in [4.69, 9.17) is 11.6 Å². The maximum atomic E-state index is 10.5. The Morgan fingerprint density at radius 2 is 1.80 bits per heavy atom. The molecule has 1 aliphatic carbocycles. The Morgan fingerprint density at radius 3 is 2.50 bits per heavy atom. The number of nitrogens with zero attached hydrogens (tertiary/aromatic N) is 1. The summed E-state index contributed by atoms with van der Waals surface area (Å²) in [6, 6.07) is 5.38. The lowest BCUT2D eigenvalue weighted by molar-refractivity contribution is 0.399. The van der Waals surface area contributed by atoms with Gasteiger partial charge in [-0.2, -0.15) is 0 Å². The third-order valence-corrected chi connectivity index (χ3v) is 4.07. The highest BCUT2D eigenvalue weighted by molar-refractivity contribution is 6.30. The van der Waals surface area contributed by atoms with E-state index in [1.807, 2.05) is 26.0 Å². The molecule has 1 aromatic heterocycles. The Hall–Kier alpha value is -1.87. The molecule has 0 saturated carbocycles. The molecule has 0 bridgehead atoms. The smallest absolute Gasteiger partial charge is 0.202 e. The zero-order valence-electron chi connectivity index (χ0n) is 11.4. The van der Waals surface area contributed by atoms with Gasteiger partial charge in [0.2, 0.25) is 11.8 Å². The molecule has 0 fully saturated rings. The van der Waals surface area contributed by atoms with Gasteiger partial charge in [0.1, 0.15) is 0 Å². The Bertz CT molecular complexity index is 729. The summed E-state index contributed by atoms with van der Waals surface area (Å²) in [6.07, 6.45) is 3.41. The molecule has 2 N–H and O–H groups in total. The number of halogens is 1. The molecule has 0 atom stereocenters. The Labute approximate surface area is 122 Å². The van der Waals surface area contributed by atoms with Gasteiger partial charge in [-0.25, -0.2) is 0 Å². The lowest BCUT2D eigenvalue weighted by atomic mass is 9.96. The summed E-state index contributed by atoms with van der Waals surface area (Å²) in [7, 11) is 0. The van der Waals surface area contributed by atoms with Gasteiger partial charge in [-0.05, 0) is 50.5 Å². The minimum Gasteiger partial charge on any atom is -0.494 e. The zero-order chi connectivity index (χ0) is 14.4. The van der Waals surface area contributed by atoms with E-state index in [9.17, 15) is 10.2 Å². The van der Waals surface area contributed by atoms with Crippen LogP contribution < -0.4 is 0 Å². The summed E-state index contributed by atoms with van der Waals surface area (Å²) in [5.74, 6) is 0.238. The van der Waals surface area contributed by atoms with Crippen molar-refractivity contribution in [1.29, 1.82) is 0 Å². The van der Waals surface area contributed by atoms with Crippen molar-refractivity contribution < 1.29 is 10.2 Å². The van der Waals surface area contributed by atoms with Gasteiger partial charge in [-0.3, -0.25) is 4.57 Å². The molecule has 3 nitrogen and oxygen atoms in total. The topological polar surface area (TPSA) is 45.4 Å². The third kappa shape index (κ3) is 1.90. The van der Waals surface area contributed by atoms with Crippen molar-refractivity contribution in [2.24, 2.45) is 0 Å². The van der Waals surface area contributed by atoms with Crippen LogP contribution in [-0.4, -0.2) is 14.8 Å². The molecule has 3 rings (SSSR count). The third-order valence-electron chi connectivity index (χ3n) is 3.84. The minimum absolute atomic E-state index is 0.117. The second-order valence-corrected chi connectivity index (χ2v) is 5.74. The van der Waals surface area contributed by atoms with Crippen molar-refractivity contribution in [1.82, 2.24) is 4.57 Å². The number of fused-ring (bicyclic) bond motifs is 1. The second kappa shape index (κ2) is 4.60. The van der Waals surface area contributed by atoms with Crippen LogP contribution in [0.2, 0.25) is 5.02 Å². The molecule has 1 aromatic carbocycles. The van der Waals surface area contributed by atoms with E-state index in [1.54, 1.807) is 6.07 Å². The van der Waals surface area contributed by atoms with Crippen LogP contribution >= 0.6 is 11.6 Å². The molecule has 0 radical (unpaired) electrons. The van der Waals surface area contributed by atoms with E-state index in [0.717, 1.165) is 22.4 Å². The summed E-state index contributed by atoms with van der Waals surface area (Å²) >= 11 is 5.96. The monoisotopic (exact) mass is 289 g/mol. The van der Waals surface area contributed by atoms with Crippen molar-refractivity contribution in [3.8, 4) is 17.4 Å². The number of hydrogen-bond donors (Lipinski definition) is 2. The molecule has 0 unspecified atom stereocenters. The SMILES string of the molecule is CC1=CCc2c(c(O)n(-c3ccc(Cl)cc3C)c2O)C1. The highest BCUT2D eigenvalue weighted by Crippen LogP contribution is 2.41. The maximum Gasteiger partial charge on any atom is 0.202 e. The Balaban J connectivity index is 2.21. The van der Waals surface area contributed by atoms with Crippen molar-refractivity contribution in [2.45, 2.75) is 26.7 Å². The van der Waals surface area contributed by atoms with Gasteiger partial charge in [0.05, 0.1) is 5.69 Å². The van der Waals surface area contributed by atoms with E-state index >= 15 is 0 Å². The van der Waals surface area contributed by atoms with Gasteiger partial charge in [0.25, 0.3) is 0 Å². The average molecular weight is 290 g/mol. The molecule has 0 aliphatic heterocycles. The van der Waals surface area contributed by atoms with E-state index in [1.165, 1.54) is 10.1 Å². The van der Waals surface area contributed by atoms with Gasteiger partial charge in [0.15, 0.2) is 0 Å². The Kier molecular flexibility index (Phi) is 3.02. The van der Waals surface area contributed by atoms with Crippen LogP contribution in [0.1, 0.15) is 23.6 Å². The van der Waals surface area contributed by atoms with Crippen LogP contribution in [-0.2, 0) is 12.8 Å². The van der Waals surface area contributed by atoms with E-state index in [-0.39, 0.29) is 11.8 Å². The summed E-state index contributed by atoms with van der Waals surface area (Å²) in [5.41, 5.74) is 4.48. The predicted molar refractivity (Wildman–Crippen MR) is 80.0 cm³/mol.